The molecule has 140 valence electrons. The van der Waals surface area contributed by atoms with E-state index in [0.717, 1.165) is 19.5 Å². The number of methoxy groups -OCH3 is 1. The SMILES string of the molecule is COc1cc2ncnc(Nc3cccc(Cl)c3F)c2cc1OC1CCNC1. The molecule has 8 heteroatoms. The maximum atomic E-state index is 14.3. The fourth-order valence-electron chi connectivity index (χ4n) is 3.05. The van der Waals surface area contributed by atoms with E-state index in [2.05, 4.69) is 20.6 Å². The van der Waals surface area contributed by atoms with Gasteiger partial charge in [0, 0.05) is 18.0 Å². The molecule has 1 atom stereocenters. The number of nitrogens with zero attached hydrogens (tertiary/aromatic N) is 2. The number of anilines is 2. The lowest BCUT2D eigenvalue weighted by Crippen LogP contribution is -2.19. The average molecular weight is 389 g/mol. The third-order valence-corrected chi connectivity index (χ3v) is 4.73. The molecule has 1 aliphatic rings. The van der Waals surface area contributed by atoms with Gasteiger partial charge in [-0.25, -0.2) is 14.4 Å². The van der Waals surface area contributed by atoms with E-state index in [1.807, 2.05) is 6.07 Å². The van der Waals surface area contributed by atoms with Crippen LogP contribution in [0.1, 0.15) is 6.42 Å². The second-order valence-corrected chi connectivity index (χ2v) is 6.61. The molecule has 0 bridgehead atoms. The smallest absolute Gasteiger partial charge is 0.165 e. The molecule has 0 saturated carbocycles. The Morgan fingerprint density at radius 2 is 2.15 bits per heavy atom. The van der Waals surface area contributed by atoms with Gasteiger partial charge in [-0.1, -0.05) is 17.7 Å². The van der Waals surface area contributed by atoms with E-state index in [9.17, 15) is 4.39 Å². The van der Waals surface area contributed by atoms with E-state index >= 15 is 0 Å². The molecule has 0 aliphatic carbocycles. The number of halogens is 2. The Morgan fingerprint density at radius 3 is 2.93 bits per heavy atom. The van der Waals surface area contributed by atoms with Crippen LogP contribution in [0, 0.1) is 5.82 Å². The minimum atomic E-state index is -0.534. The number of rotatable bonds is 5. The van der Waals surface area contributed by atoms with Crippen LogP contribution in [0.4, 0.5) is 15.9 Å². The summed E-state index contributed by atoms with van der Waals surface area (Å²) in [5.41, 5.74) is 0.893. The minimum Gasteiger partial charge on any atom is -0.493 e. The van der Waals surface area contributed by atoms with Gasteiger partial charge in [0.05, 0.1) is 23.3 Å². The second kappa shape index (κ2) is 7.54. The zero-order valence-electron chi connectivity index (χ0n) is 14.6. The number of aromatic nitrogens is 2. The molecular weight excluding hydrogens is 371 g/mol. The molecule has 1 fully saturated rings. The lowest BCUT2D eigenvalue weighted by atomic mass is 10.2. The molecule has 2 heterocycles. The second-order valence-electron chi connectivity index (χ2n) is 6.20. The maximum Gasteiger partial charge on any atom is 0.165 e. The van der Waals surface area contributed by atoms with Crippen molar-refractivity contribution in [3.05, 3.63) is 47.5 Å². The molecule has 1 aliphatic heterocycles. The monoisotopic (exact) mass is 388 g/mol. The zero-order valence-corrected chi connectivity index (χ0v) is 15.4. The summed E-state index contributed by atoms with van der Waals surface area (Å²) in [7, 11) is 1.59. The molecule has 1 saturated heterocycles. The first-order valence-corrected chi connectivity index (χ1v) is 8.94. The van der Waals surface area contributed by atoms with Gasteiger partial charge in [-0.2, -0.15) is 0 Å². The Hall–Kier alpha value is -2.64. The fourth-order valence-corrected chi connectivity index (χ4v) is 3.23. The van der Waals surface area contributed by atoms with Crippen molar-refractivity contribution in [2.75, 3.05) is 25.5 Å². The van der Waals surface area contributed by atoms with Crippen LogP contribution in [-0.2, 0) is 0 Å². The van der Waals surface area contributed by atoms with Crippen molar-refractivity contribution >= 4 is 34.0 Å². The van der Waals surface area contributed by atoms with Gasteiger partial charge < -0.3 is 20.1 Å². The van der Waals surface area contributed by atoms with Crippen molar-refractivity contribution < 1.29 is 13.9 Å². The van der Waals surface area contributed by atoms with Crippen molar-refractivity contribution in [1.82, 2.24) is 15.3 Å². The first-order chi connectivity index (χ1) is 13.2. The quantitative estimate of drug-likeness (QED) is 0.690. The van der Waals surface area contributed by atoms with E-state index < -0.39 is 5.82 Å². The highest BCUT2D eigenvalue weighted by atomic mass is 35.5. The van der Waals surface area contributed by atoms with Crippen LogP contribution in [-0.4, -0.2) is 36.3 Å². The summed E-state index contributed by atoms with van der Waals surface area (Å²) in [6.07, 6.45) is 2.40. The van der Waals surface area contributed by atoms with Gasteiger partial charge >= 0.3 is 0 Å². The minimum absolute atomic E-state index is 0.0396. The van der Waals surface area contributed by atoms with Crippen molar-refractivity contribution in [1.29, 1.82) is 0 Å². The normalized spacial score (nSPS) is 16.5. The fraction of sp³-hybridized carbons (Fsp3) is 0.263. The maximum absolute atomic E-state index is 14.3. The standard InChI is InChI=1S/C19H18ClFN4O2/c1-26-16-8-15-12(7-17(16)27-11-5-6-22-9-11)19(24-10-23-15)25-14-4-2-3-13(20)18(14)21/h2-4,7-8,10-11,22H,5-6,9H2,1H3,(H,23,24,25). The van der Waals surface area contributed by atoms with Gasteiger partial charge in [0.25, 0.3) is 0 Å². The van der Waals surface area contributed by atoms with Crippen LogP contribution in [0.5, 0.6) is 11.5 Å². The van der Waals surface area contributed by atoms with Gasteiger partial charge in [-0.15, -0.1) is 0 Å². The molecule has 27 heavy (non-hydrogen) atoms. The predicted octanol–water partition coefficient (Wildman–Crippen LogP) is 3.92. The highest BCUT2D eigenvalue weighted by molar-refractivity contribution is 6.31. The van der Waals surface area contributed by atoms with E-state index in [1.165, 1.54) is 12.4 Å². The van der Waals surface area contributed by atoms with Crippen molar-refractivity contribution in [3.63, 3.8) is 0 Å². The van der Waals surface area contributed by atoms with Gasteiger partial charge in [-0.3, -0.25) is 0 Å². The van der Waals surface area contributed by atoms with Gasteiger partial charge in [0.2, 0.25) is 0 Å². The summed E-state index contributed by atoms with van der Waals surface area (Å²) in [5, 5.41) is 6.99. The molecule has 3 aromatic rings. The first-order valence-electron chi connectivity index (χ1n) is 8.57. The van der Waals surface area contributed by atoms with Crippen LogP contribution in [0.15, 0.2) is 36.7 Å². The molecule has 2 aromatic carbocycles. The Balaban J connectivity index is 1.75. The Labute approximate surface area is 160 Å². The third kappa shape index (κ3) is 3.61. The van der Waals surface area contributed by atoms with Crippen LogP contribution in [0.3, 0.4) is 0 Å². The molecule has 1 unspecified atom stereocenters. The zero-order chi connectivity index (χ0) is 18.8. The summed E-state index contributed by atoms with van der Waals surface area (Å²) in [5.74, 6) is 1.11. The highest BCUT2D eigenvalue weighted by Crippen LogP contribution is 2.36. The van der Waals surface area contributed by atoms with Crippen LogP contribution in [0.2, 0.25) is 5.02 Å². The van der Waals surface area contributed by atoms with E-state index in [-0.39, 0.29) is 16.8 Å². The average Bonchev–Trinajstić information content (AvgIpc) is 3.18. The Bertz CT molecular complexity index is 979. The van der Waals surface area contributed by atoms with Crippen molar-refractivity contribution in [3.8, 4) is 11.5 Å². The highest BCUT2D eigenvalue weighted by Gasteiger charge is 2.20. The summed E-state index contributed by atoms with van der Waals surface area (Å²) >= 11 is 5.87. The third-order valence-electron chi connectivity index (χ3n) is 4.43. The first kappa shape index (κ1) is 17.8. The van der Waals surface area contributed by atoms with Crippen molar-refractivity contribution in [2.24, 2.45) is 0 Å². The predicted molar refractivity (Wildman–Crippen MR) is 103 cm³/mol. The summed E-state index contributed by atoms with van der Waals surface area (Å²) < 4.78 is 25.8. The number of benzene rings is 2. The summed E-state index contributed by atoms with van der Waals surface area (Å²) in [4.78, 5) is 8.55. The lowest BCUT2D eigenvalue weighted by molar-refractivity contribution is 0.213. The van der Waals surface area contributed by atoms with Crippen LogP contribution >= 0.6 is 11.6 Å². The van der Waals surface area contributed by atoms with E-state index in [1.54, 1.807) is 25.3 Å². The molecule has 0 spiro atoms. The molecule has 0 radical (unpaired) electrons. The number of hydrogen-bond acceptors (Lipinski definition) is 6. The molecule has 1 aromatic heterocycles. The molecule has 4 rings (SSSR count). The summed E-state index contributed by atoms with van der Waals surface area (Å²) in [6.45, 7) is 1.70. The largest absolute Gasteiger partial charge is 0.493 e. The lowest BCUT2D eigenvalue weighted by Gasteiger charge is -2.17. The Kier molecular flexibility index (Phi) is 4.96. The number of fused-ring (bicyclic) bond motifs is 1. The molecular formula is C19H18ClFN4O2. The number of hydrogen-bond donors (Lipinski definition) is 2. The van der Waals surface area contributed by atoms with Gasteiger partial charge in [0.1, 0.15) is 18.2 Å². The number of nitrogens with one attached hydrogen (secondary N) is 2. The van der Waals surface area contributed by atoms with E-state index in [4.69, 9.17) is 21.1 Å². The molecule has 0 amide bonds. The van der Waals surface area contributed by atoms with Crippen LogP contribution < -0.4 is 20.1 Å². The van der Waals surface area contributed by atoms with Crippen molar-refractivity contribution in [2.45, 2.75) is 12.5 Å². The van der Waals surface area contributed by atoms with Gasteiger partial charge in [-0.05, 0) is 31.2 Å². The summed E-state index contributed by atoms with van der Waals surface area (Å²) in [6, 6.07) is 8.36. The molecule has 2 N–H and O–H groups in total. The molecule has 6 nitrogen and oxygen atoms in total. The van der Waals surface area contributed by atoms with E-state index in [0.29, 0.717) is 28.2 Å². The Morgan fingerprint density at radius 1 is 1.26 bits per heavy atom. The number of ether oxygens (including phenoxy) is 2. The van der Waals surface area contributed by atoms with Crippen LogP contribution in [0.25, 0.3) is 10.9 Å². The topological polar surface area (TPSA) is 68.3 Å². The van der Waals surface area contributed by atoms with Gasteiger partial charge in [0.15, 0.2) is 17.3 Å².